The van der Waals surface area contributed by atoms with Gasteiger partial charge in [0.05, 0.1) is 17.4 Å². The van der Waals surface area contributed by atoms with Crippen LogP contribution in [-0.2, 0) is 9.59 Å². The molecular weight excluding hydrogens is 312 g/mol. The summed E-state index contributed by atoms with van der Waals surface area (Å²) in [5.74, 6) is 0.0932. The van der Waals surface area contributed by atoms with E-state index in [4.69, 9.17) is 10.5 Å². The van der Waals surface area contributed by atoms with E-state index in [9.17, 15) is 9.59 Å². The van der Waals surface area contributed by atoms with E-state index < -0.39 is 10.2 Å². The monoisotopic (exact) mass is 328 g/mol. The van der Waals surface area contributed by atoms with Crippen LogP contribution in [0.4, 0.5) is 5.69 Å². The molecular formula is C13H17BrN2O3. The number of carbonyl (C=O) groups is 2. The van der Waals surface area contributed by atoms with Gasteiger partial charge in [0.1, 0.15) is 5.75 Å². The molecule has 0 radical (unpaired) electrons. The highest BCUT2D eigenvalue weighted by Crippen LogP contribution is 2.20. The quantitative estimate of drug-likeness (QED) is 0.784. The molecule has 0 heterocycles. The Labute approximate surface area is 120 Å². The third-order valence-corrected chi connectivity index (χ3v) is 2.63. The van der Waals surface area contributed by atoms with Gasteiger partial charge in [0, 0.05) is 5.69 Å². The molecule has 0 atom stereocenters. The topological polar surface area (TPSA) is 81.4 Å². The Morgan fingerprint density at radius 3 is 2.37 bits per heavy atom. The highest BCUT2D eigenvalue weighted by molar-refractivity contribution is 9.10. The first-order valence-corrected chi connectivity index (χ1v) is 6.60. The molecule has 0 fully saturated rings. The molecule has 0 spiro atoms. The van der Waals surface area contributed by atoms with E-state index in [2.05, 4.69) is 21.2 Å². The average Bonchev–Trinajstić information content (AvgIpc) is 2.29. The van der Waals surface area contributed by atoms with Gasteiger partial charge in [0.15, 0.2) is 0 Å². The van der Waals surface area contributed by atoms with Crippen molar-refractivity contribution >= 4 is 33.4 Å². The van der Waals surface area contributed by atoms with Crippen LogP contribution in [-0.4, -0.2) is 22.7 Å². The van der Waals surface area contributed by atoms with Crippen LogP contribution in [0.5, 0.6) is 5.75 Å². The lowest BCUT2D eigenvalue weighted by molar-refractivity contribution is -0.118. The summed E-state index contributed by atoms with van der Waals surface area (Å²) in [5.41, 5.74) is 5.69. The zero-order valence-corrected chi connectivity index (χ0v) is 12.5. The first-order chi connectivity index (χ1) is 8.79. The number of alkyl halides is 1. The van der Waals surface area contributed by atoms with Crippen molar-refractivity contribution in [1.82, 2.24) is 0 Å². The van der Waals surface area contributed by atoms with E-state index in [-0.39, 0.29) is 18.9 Å². The van der Waals surface area contributed by atoms with E-state index in [1.165, 1.54) is 0 Å². The largest absolute Gasteiger partial charge is 0.493 e. The van der Waals surface area contributed by atoms with Crippen LogP contribution in [0, 0.1) is 0 Å². The van der Waals surface area contributed by atoms with Crippen LogP contribution in [0.2, 0.25) is 0 Å². The Kier molecular flexibility index (Phi) is 5.35. The maximum absolute atomic E-state index is 11.7. The van der Waals surface area contributed by atoms with Gasteiger partial charge in [-0.05, 0) is 38.1 Å². The molecule has 1 rings (SSSR count). The Hall–Kier alpha value is -1.56. The van der Waals surface area contributed by atoms with Gasteiger partial charge in [-0.25, -0.2) is 0 Å². The second kappa shape index (κ2) is 6.56. The number of nitrogens with two attached hydrogens (primary N) is 1. The van der Waals surface area contributed by atoms with E-state index >= 15 is 0 Å². The smallest absolute Gasteiger partial charge is 0.240 e. The number of anilines is 1. The van der Waals surface area contributed by atoms with Gasteiger partial charge in [-0.3, -0.25) is 9.59 Å². The Balaban J connectivity index is 2.52. The minimum Gasteiger partial charge on any atom is -0.493 e. The van der Waals surface area contributed by atoms with Gasteiger partial charge in [0.2, 0.25) is 11.8 Å². The molecule has 2 amide bonds. The summed E-state index contributed by atoms with van der Waals surface area (Å²) in [6.45, 7) is 3.78. The van der Waals surface area contributed by atoms with Gasteiger partial charge in [0.25, 0.3) is 0 Å². The van der Waals surface area contributed by atoms with Crippen molar-refractivity contribution in [2.75, 3.05) is 11.9 Å². The predicted molar refractivity (Wildman–Crippen MR) is 77.4 cm³/mol. The summed E-state index contributed by atoms with van der Waals surface area (Å²) >= 11 is 3.28. The van der Waals surface area contributed by atoms with E-state index in [0.717, 1.165) is 0 Å². The van der Waals surface area contributed by atoms with Crippen molar-refractivity contribution in [3.63, 3.8) is 0 Å². The highest BCUT2D eigenvalue weighted by Gasteiger charge is 2.23. The maximum Gasteiger partial charge on any atom is 0.240 e. The van der Waals surface area contributed by atoms with Gasteiger partial charge < -0.3 is 15.8 Å². The molecule has 3 N–H and O–H groups in total. The fourth-order valence-electron chi connectivity index (χ4n) is 1.18. The first-order valence-electron chi connectivity index (χ1n) is 5.80. The number of carbonyl (C=O) groups excluding carboxylic acids is 2. The summed E-state index contributed by atoms with van der Waals surface area (Å²) in [6, 6.07) is 6.90. The second-order valence-corrected chi connectivity index (χ2v) is 6.50. The molecule has 0 aliphatic heterocycles. The third-order valence-electron chi connectivity index (χ3n) is 2.27. The normalized spacial score (nSPS) is 10.9. The fraction of sp³-hybridized carbons (Fsp3) is 0.385. The van der Waals surface area contributed by atoms with E-state index in [0.29, 0.717) is 11.4 Å². The lowest BCUT2D eigenvalue weighted by Gasteiger charge is -2.16. The van der Waals surface area contributed by atoms with Crippen molar-refractivity contribution in [3.05, 3.63) is 24.3 Å². The van der Waals surface area contributed by atoms with Crippen LogP contribution < -0.4 is 15.8 Å². The number of ether oxygens (including phenoxy) is 1. The molecule has 0 aromatic heterocycles. The number of halogens is 1. The zero-order valence-electron chi connectivity index (χ0n) is 10.9. The molecule has 0 bridgehead atoms. The minimum absolute atomic E-state index is 0.130. The highest BCUT2D eigenvalue weighted by atomic mass is 79.9. The summed E-state index contributed by atoms with van der Waals surface area (Å²) in [6.07, 6.45) is 0.177. The molecule has 1 aromatic rings. The van der Waals surface area contributed by atoms with Crippen LogP contribution in [0.1, 0.15) is 20.3 Å². The molecule has 0 saturated heterocycles. The van der Waals surface area contributed by atoms with Crippen LogP contribution in [0.3, 0.4) is 0 Å². The van der Waals surface area contributed by atoms with E-state index in [1.807, 2.05) is 0 Å². The summed E-state index contributed by atoms with van der Waals surface area (Å²) < 4.78 is 4.70. The number of rotatable bonds is 6. The lowest BCUT2D eigenvalue weighted by Crippen LogP contribution is -2.30. The molecule has 19 heavy (non-hydrogen) atoms. The van der Waals surface area contributed by atoms with Crippen molar-refractivity contribution in [3.8, 4) is 5.75 Å². The maximum atomic E-state index is 11.7. The number of primary amides is 1. The number of hydrogen-bond acceptors (Lipinski definition) is 3. The molecule has 0 saturated carbocycles. The van der Waals surface area contributed by atoms with Crippen LogP contribution in [0.25, 0.3) is 0 Å². The Morgan fingerprint density at radius 1 is 1.32 bits per heavy atom. The minimum atomic E-state index is -0.621. The number of nitrogens with one attached hydrogen (secondary N) is 1. The molecule has 1 aromatic carbocycles. The summed E-state index contributed by atoms with van der Waals surface area (Å²) in [5, 5.41) is 2.77. The predicted octanol–water partition coefficient (Wildman–Crippen LogP) is 2.05. The molecule has 0 aliphatic carbocycles. The second-order valence-electron chi connectivity index (χ2n) is 4.52. The van der Waals surface area contributed by atoms with Gasteiger partial charge in [-0.2, -0.15) is 0 Å². The molecule has 6 heteroatoms. The SMILES string of the molecule is CC(C)(Br)C(=O)Nc1ccc(OCCC(N)=O)cc1. The number of benzene rings is 1. The standard InChI is InChI=1S/C13H17BrN2O3/c1-13(2,14)12(18)16-9-3-5-10(6-4-9)19-8-7-11(15)17/h3-6H,7-8H2,1-2H3,(H2,15,17)(H,16,18). The number of hydrogen-bond donors (Lipinski definition) is 2. The molecule has 5 nitrogen and oxygen atoms in total. The van der Waals surface area contributed by atoms with Crippen molar-refractivity contribution in [2.45, 2.75) is 24.6 Å². The summed E-state index contributed by atoms with van der Waals surface area (Å²) in [4.78, 5) is 22.3. The van der Waals surface area contributed by atoms with E-state index in [1.54, 1.807) is 38.1 Å². The Bertz CT molecular complexity index is 452. The summed E-state index contributed by atoms with van der Waals surface area (Å²) in [7, 11) is 0. The van der Waals surface area contributed by atoms with Gasteiger partial charge in [-0.15, -0.1) is 0 Å². The zero-order chi connectivity index (χ0) is 14.5. The fourth-order valence-corrected chi connectivity index (χ4v) is 1.28. The van der Waals surface area contributed by atoms with Crippen molar-refractivity contribution < 1.29 is 14.3 Å². The van der Waals surface area contributed by atoms with Gasteiger partial charge >= 0.3 is 0 Å². The Morgan fingerprint density at radius 2 is 1.89 bits per heavy atom. The first kappa shape index (κ1) is 15.5. The molecule has 0 unspecified atom stereocenters. The molecule has 104 valence electrons. The van der Waals surface area contributed by atoms with Crippen LogP contribution in [0.15, 0.2) is 24.3 Å². The molecule has 0 aliphatic rings. The van der Waals surface area contributed by atoms with Crippen molar-refractivity contribution in [1.29, 1.82) is 0 Å². The number of amides is 2. The van der Waals surface area contributed by atoms with Crippen molar-refractivity contribution in [2.24, 2.45) is 5.73 Å². The third kappa shape index (κ3) is 5.74. The lowest BCUT2D eigenvalue weighted by atomic mass is 10.2. The van der Waals surface area contributed by atoms with Gasteiger partial charge in [-0.1, -0.05) is 15.9 Å². The van der Waals surface area contributed by atoms with Crippen LogP contribution >= 0.6 is 15.9 Å². The average molecular weight is 329 g/mol.